The first-order valence-electron chi connectivity index (χ1n) is 6.05. The Balaban J connectivity index is 2.42. The Bertz CT molecular complexity index is 784. The highest BCUT2D eigenvalue weighted by Gasteiger charge is 2.19. The highest BCUT2D eigenvalue weighted by Crippen LogP contribution is 2.27. The van der Waals surface area contributed by atoms with Gasteiger partial charge in [0.05, 0.1) is 0 Å². The molecule has 0 aliphatic carbocycles. The van der Waals surface area contributed by atoms with Crippen LogP contribution in [0.1, 0.15) is 11.1 Å². The van der Waals surface area contributed by atoms with Gasteiger partial charge in [0.2, 0.25) is 0 Å². The molecule has 0 saturated carbocycles. The number of halogens is 2. The summed E-state index contributed by atoms with van der Waals surface area (Å²) in [6.07, 6.45) is 0. The maximum Gasteiger partial charge on any atom is 0.264 e. The molecule has 0 aliphatic heterocycles. The summed E-state index contributed by atoms with van der Waals surface area (Å²) in [6, 6.07) is 6.81. The van der Waals surface area contributed by atoms with Gasteiger partial charge in [-0.3, -0.25) is 4.72 Å². The van der Waals surface area contributed by atoms with Crippen molar-refractivity contribution < 1.29 is 12.8 Å². The van der Waals surface area contributed by atoms with Crippen LogP contribution in [-0.4, -0.2) is 8.42 Å². The molecule has 4 nitrogen and oxygen atoms in total. The van der Waals surface area contributed by atoms with E-state index in [9.17, 15) is 12.8 Å². The lowest BCUT2D eigenvalue weighted by atomic mass is 10.1. The fraction of sp³-hybridized carbons (Fsp3) is 0.143. The predicted molar refractivity (Wildman–Crippen MR) is 85.2 cm³/mol. The van der Waals surface area contributed by atoms with E-state index in [-0.39, 0.29) is 5.69 Å². The highest BCUT2D eigenvalue weighted by atomic mass is 79.9. The minimum absolute atomic E-state index is 0.168. The molecule has 0 heterocycles. The summed E-state index contributed by atoms with van der Waals surface area (Å²) in [5, 5.41) is 0. The molecule has 0 atom stereocenters. The van der Waals surface area contributed by atoms with Crippen LogP contribution in [0.25, 0.3) is 0 Å². The molecule has 2 rings (SSSR count). The fourth-order valence-corrected chi connectivity index (χ4v) is 3.28. The lowest BCUT2D eigenvalue weighted by Crippen LogP contribution is -2.15. The molecular weight excluding hydrogens is 359 g/mol. The molecule has 0 aromatic heterocycles. The van der Waals surface area contributed by atoms with Crippen LogP contribution < -0.4 is 10.5 Å². The van der Waals surface area contributed by atoms with Crippen molar-refractivity contribution >= 4 is 37.3 Å². The van der Waals surface area contributed by atoms with Gasteiger partial charge in [0.1, 0.15) is 10.7 Å². The smallest absolute Gasteiger partial charge is 0.264 e. The van der Waals surface area contributed by atoms with E-state index in [0.29, 0.717) is 5.69 Å². The number of nitrogen functional groups attached to an aromatic ring is 1. The first kappa shape index (κ1) is 15.8. The van der Waals surface area contributed by atoms with E-state index in [4.69, 9.17) is 5.73 Å². The van der Waals surface area contributed by atoms with E-state index in [1.807, 2.05) is 13.8 Å². The van der Waals surface area contributed by atoms with Gasteiger partial charge < -0.3 is 5.73 Å². The Morgan fingerprint density at radius 1 is 1.14 bits per heavy atom. The maximum atomic E-state index is 13.8. The minimum Gasteiger partial charge on any atom is -0.399 e. The van der Waals surface area contributed by atoms with Crippen LogP contribution in [0.3, 0.4) is 0 Å². The second kappa shape index (κ2) is 5.65. The zero-order chi connectivity index (χ0) is 15.8. The highest BCUT2D eigenvalue weighted by molar-refractivity contribution is 9.10. The second-order valence-corrected chi connectivity index (χ2v) is 7.16. The number of rotatable bonds is 3. The van der Waals surface area contributed by atoms with Crippen LogP contribution >= 0.6 is 15.9 Å². The summed E-state index contributed by atoms with van der Waals surface area (Å²) in [5.74, 6) is -0.881. The molecule has 112 valence electrons. The van der Waals surface area contributed by atoms with Crippen LogP contribution in [0.5, 0.6) is 0 Å². The van der Waals surface area contributed by atoms with Crippen molar-refractivity contribution in [3.63, 3.8) is 0 Å². The number of aryl methyl sites for hydroxylation is 2. The van der Waals surface area contributed by atoms with Gasteiger partial charge in [-0.15, -0.1) is 0 Å². The van der Waals surface area contributed by atoms with Crippen LogP contribution in [0.2, 0.25) is 0 Å². The van der Waals surface area contributed by atoms with Crippen LogP contribution in [0.15, 0.2) is 39.7 Å². The third-order valence-corrected chi connectivity index (χ3v) is 5.60. The molecule has 21 heavy (non-hydrogen) atoms. The largest absolute Gasteiger partial charge is 0.399 e. The van der Waals surface area contributed by atoms with E-state index in [2.05, 4.69) is 20.7 Å². The monoisotopic (exact) mass is 372 g/mol. The molecule has 0 amide bonds. The van der Waals surface area contributed by atoms with Crippen molar-refractivity contribution in [3.05, 3.63) is 51.7 Å². The summed E-state index contributed by atoms with van der Waals surface area (Å²) in [6.45, 7) is 3.69. The van der Waals surface area contributed by atoms with Gasteiger partial charge in [-0.1, -0.05) is 15.9 Å². The third-order valence-electron chi connectivity index (χ3n) is 2.93. The van der Waals surface area contributed by atoms with E-state index in [0.717, 1.165) is 27.7 Å². The Morgan fingerprint density at radius 2 is 1.71 bits per heavy atom. The summed E-state index contributed by atoms with van der Waals surface area (Å²) in [7, 11) is -4.00. The summed E-state index contributed by atoms with van der Waals surface area (Å²) >= 11 is 3.41. The molecule has 3 N–H and O–H groups in total. The number of benzene rings is 2. The number of anilines is 2. The molecule has 0 bridgehead atoms. The second-order valence-electron chi connectivity index (χ2n) is 4.72. The molecule has 2 aromatic rings. The number of hydrogen-bond donors (Lipinski definition) is 2. The number of nitrogens with one attached hydrogen (secondary N) is 1. The molecule has 0 unspecified atom stereocenters. The molecule has 0 radical (unpaired) electrons. The summed E-state index contributed by atoms with van der Waals surface area (Å²) in [4.78, 5) is -0.435. The standard InChI is InChI=1S/C14H14BrFN2O2S/c1-8-5-11(6-9(2)14(8)15)18-21(19,20)13-4-3-10(17)7-12(13)16/h3-7,18H,17H2,1-2H3. The molecule has 0 aliphatic rings. The Hall–Kier alpha value is -1.60. The quantitative estimate of drug-likeness (QED) is 0.808. The molecule has 2 aromatic carbocycles. The third kappa shape index (κ3) is 3.36. The molecule has 0 spiro atoms. The van der Waals surface area contributed by atoms with Crippen molar-refractivity contribution in [2.45, 2.75) is 18.7 Å². The van der Waals surface area contributed by atoms with Gasteiger partial charge in [-0.25, -0.2) is 12.8 Å². The van der Waals surface area contributed by atoms with Gasteiger partial charge in [-0.05, 0) is 55.3 Å². The van der Waals surface area contributed by atoms with E-state index >= 15 is 0 Å². The normalized spacial score (nSPS) is 11.4. The first-order chi connectivity index (χ1) is 9.70. The number of sulfonamides is 1. The predicted octanol–water partition coefficient (Wildman–Crippen LogP) is 3.59. The lowest BCUT2D eigenvalue weighted by Gasteiger charge is -2.12. The topological polar surface area (TPSA) is 72.2 Å². The van der Waals surface area contributed by atoms with Gasteiger partial charge in [-0.2, -0.15) is 0 Å². The molecule has 0 fully saturated rings. The SMILES string of the molecule is Cc1cc(NS(=O)(=O)c2ccc(N)cc2F)cc(C)c1Br. The average Bonchev–Trinajstić information content (AvgIpc) is 2.34. The van der Waals surface area contributed by atoms with Gasteiger partial charge in [0.25, 0.3) is 10.0 Å². The van der Waals surface area contributed by atoms with Crippen molar-refractivity contribution in [3.8, 4) is 0 Å². The molecule has 0 saturated heterocycles. The van der Waals surface area contributed by atoms with E-state index in [1.165, 1.54) is 6.07 Å². The van der Waals surface area contributed by atoms with Crippen LogP contribution in [0.4, 0.5) is 15.8 Å². The number of hydrogen-bond acceptors (Lipinski definition) is 3. The zero-order valence-electron chi connectivity index (χ0n) is 11.4. The maximum absolute atomic E-state index is 13.8. The van der Waals surface area contributed by atoms with E-state index < -0.39 is 20.7 Å². The summed E-state index contributed by atoms with van der Waals surface area (Å²) in [5.41, 5.74) is 7.73. The average molecular weight is 373 g/mol. The van der Waals surface area contributed by atoms with Crippen molar-refractivity contribution in [1.29, 1.82) is 0 Å². The van der Waals surface area contributed by atoms with Gasteiger partial charge in [0.15, 0.2) is 0 Å². The zero-order valence-corrected chi connectivity index (χ0v) is 13.8. The van der Waals surface area contributed by atoms with Crippen LogP contribution in [0, 0.1) is 19.7 Å². The summed E-state index contributed by atoms with van der Waals surface area (Å²) < 4.78 is 41.5. The molecule has 7 heteroatoms. The van der Waals surface area contributed by atoms with Crippen molar-refractivity contribution in [2.75, 3.05) is 10.5 Å². The Morgan fingerprint density at radius 3 is 2.24 bits per heavy atom. The van der Waals surface area contributed by atoms with Crippen LogP contribution in [-0.2, 0) is 10.0 Å². The molecular formula is C14H14BrFN2O2S. The minimum atomic E-state index is -4.00. The number of nitrogens with two attached hydrogens (primary N) is 1. The Labute approximate surface area is 131 Å². The Kier molecular flexibility index (Phi) is 4.25. The lowest BCUT2D eigenvalue weighted by molar-refractivity contribution is 0.571. The van der Waals surface area contributed by atoms with Gasteiger partial charge in [0, 0.05) is 15.8 Å². The first-order valence-corrected chi connectivity index (χ1v) is 8.33. The fourth-order valence-electron chi connectivity index (χ4n) is 1.95. The van der Waals surface area contributed by atoms with Crippen molar-refractivity contribution in [1.82, 2.24) is 0 Å². The van der Waals surface area contributed by atoms with Crippen molar-refractivity contribution in [2.24, 2.45) is 0 Å². The van der Waals surface area contributed by atoms with E-state index in [1.54, 1.807) is 12.1 Å². The van der Waals surface area contributed by atoms with Gasteiger partial charge >= 0.3 is 0 Å².